The highest BCUT2D eigenvalue weighted by atomic mass is 35.5. The average Bonchev–Trinajstić information content (AvgIpc) is 2.77. The number of carbonyl (C=O) groups is 1. The number of hydrogen-bond donors (Lipinski definition) is 4. The van der Waals surface area contributed by atoms with Crippen LogP contribution in [0.3, 0.4) is 0 Å². The normalized spacial score (nSPS) is 13.5. The highest BCUT2D eigenvalue weighted by Crippen LogP contribution is 2.39. The molecule has 0 atom stereocenters. The van der Waals surface area contributed by atoms with Crippen molar-refractivity contribution in [2.24, 2.45) is 10.8 Å². The second-order valence-corrected chi connectivity index (χ2v) is 7.61. The van der Waals surface area contributed by atoms with E-state index in [2.05, 4.69) is 32.2 Å². The molecule has 33 heavy (non-hydrogen) atoms. The van der Waals surface area contributed by atoms with Crippen LogP contribution in [0.15, 0.2) is 58.7 Å². The van der Waals surface area contributed by atoms with Crippen molar-refractivity contribution in [1.29, 1.82) is 0 Å². The Labute approximate surface area is 196 Å². The van der Waals surface area contributed by atoms with Crippen molar-refractivity contribution >= 4 is 40.8 Å². The van der Waals surface area contributed by atoms with Gasteiger partial charge in [0.15, 0.2) is 11.6 Å². The molecule has 0 saturated heterocycles. The van der Waals surface area contributed by atoms with Crippen molar-refractivity contribution in [3.05, 3.63) is 80.5 Å². The van der Waals surface area contributed by atoms with E-state index >= 15 is 0 Å². The standard InChI is InChI=1S/C20H15Cl2N7O4/c1-9-18(23)28-29(20(32)25-9)12-6-14(21)17(15(22)7-12)33-16-5-10(19(31)27-26-16)4-11-2-3-13(30)8-24-11/h2-3,5-8,30H,1,4H2,(H2,23,28)(H,25,32)(H,27,31). The van der Waals surface area contributed by atoms with E-state index in [9.17, 15) is 14.7 Å². The zero-order valence-electron chi connectivity index (χ0n) is 16.7. The summed E-state index contributed by atoms with van der Waals surface area (Å²) in [5.74, 6) is 0.109. The number of aromatic amines is 1. The molecule has 3 aromatic rings. The number of aromatic nitrogens is 3. The smallest absolute Gasteiger partial charge is 0.347 e. The Hall–Kier alpha value is -4.09. The molecule has 2 aromatic heterocycles. The Morgan fingerprint density at radius 1 is 1.18 bits per heavy atom. The first-order chi connectivity index (χ1) is 15.7. The summed E-state index contributed by atoms with van der Waals surface area (Å²) in [5, 5.41) is 23.1. The van der Waals surface area contributed by atoms with Gasteiger partial charge < -0.3 is 20.9 Å². The zero-order valence-corrected chi connectivity index (χ0v) is 18.2. The summed E-state index contributed by atoms with van der Waals surface area (Å²) in [7, 11) is 0. The first-order valence-electron chi connectivity index (χ1n) is 9.25. The van der Waals surface area contributed by atoms with Crippen molar-refractivity contribution < 1.29 is 14.6 Å². The maximum atomic E-state index is 12.2. The molecule has 168 valence electrons. The monoisotopic (exact) mass is 487 g/mol. The van der Waals surface area contributed by atoms with Crippen molar-refractivity contribution in [1.82, 2.24) is 20.5 Å². The van der Waals surface area contributed by atoms with Gasteiger partial charge in [0.1, 0.15) is 5.75 Å². The number of anilines is 1. The number of nitrogens with two attached hydrogens (primary N) is 1. The Morgan fingerprint density at radius 2 is 1.91 bits per heavy atom. The second-order valence-electron chi connectivity index (χ2n) is 6.79. The molecule has 5 N–H and O–H groups in total. The lowest BCUT2D eigenvalue weighted by molar-refractivity contribution is 0.248. The van der Waals surface area contributed by atoms with E-state index in [-0.39, 0.29) is 51.1 Å². The number of ether oxygens (including phenoxy) is 1. The topological polar surface area (TPSA) is 159 Å². The van der Waals surface area contributed by atoms with E-state index in [0.717, 1.165) is 5.01 Å². The molecule has 1 aromatic carbocycles. The van der Waals surface area contributed by atoms with Gasteiger partial charge in [-0.05, 0) is 24.3 Å². The van der Waals surface area contributed by atoms with Crippen LogP contribution in [-0.4, -0.2) is 32.2 Å². The van der Waals surface area contributed by atoms with Crippen LogP contribution < -0.4 is 26.4 Å². The van der Waals surface area contributed by atoms with Crippen LogP contribution in [0.25, 0.3) is 0 Å². The quantitative estimate of drug-likeness (QED) is 0.430. The van der Waals surface area contributed by atoms with Crippen LogP contribution >= 0.6 is 23.2 Å². The van der Waals surface area contributed by atoms with Crippen LogP contribution in [0.5, 0.6) is 17.4 Å². The van der Waals surface area contributed by atoms with Crippen molar-refractivity contribution in [2.75, 3.05) is 5.01 Å². The van der Waals surface area contributed by atoms with Crippen LogP contribution in [-0.2, 0) is 6.42 Å². The molecule has 13 heteroatoms. The summed E-state index contributed by atoms with van der Waals surface area (Å²) < 4.78 is 5.70. The maximum absolute atomic E-state index is 12.2. The Balaban J connectivity index is 1.61. The number of hydrogen-bond acceptors (Lipinski definition) is 8. The average molecular weight is 488 g/mol. The number of halogens is 2. The molecule has 1 aliphatic rings. The Morgan fingerprint density at radius 3 is 2.58 bits per heavy atom. The second kappa shape index (κ2) is 8.81. The van der Waals surface area contributed by atoms with Crippen LogP contribution in [0.4, 0.5) is 10.5 Å². The zero-order chi connectivity index (χ0) is 23.7. The number of benzene rings is 1. The minimum absolute atomic E-state index is 0.0134. The lowest BCUT2D eigenvalue weighted by Crippen LogP contribution is -2.45. The van der Waals surface area contributed by atoms with E-state index in [4.69, 9.17) is 33.7 Å². The first kappa shape index (κ1) is 22.1. The number of hydrazone groups is 1. The van der Waals surface area contributed by atoms with Crippen molar-refractivity contribution in [3.63, 3.8) is 0 Å². The molecule has 0 radical (unpaired) electrons. The SMILES string of the molecule is C=C1NC(=O)N(c2cc(Cl)c(Oc3cc(Cc4ccc(O)cn4)c(=O)[nH]n3)c(Cl)c2)N=C1N. The van der Waals surface area contributed by atoms with Gasteiger partial charge in [0, 0.05) is 23.7 Å². The van der Waals surface area contributed by atoms with Crippen LogP contribution in [0, 0.1) is 0 Å². The third kappa shape index (κ3) is 4.73. The Bertz CT molecular complexity index is 1330. The number of pyridine rings is 1. The van der Waals surface area contributed by atoms with Gasteiger partial charge in [-0.15, -0.1) is 10.2 Å². The van der Waals surface area contributed by atoms with E-state index in [0.29, 0.717) is 11.3 Å². The largest absolute Gasteiger partial charge is 0.506 e. The van der Waals surface area contributed by atoms with Gasteiger partial charge in [-0.3, -0.25) is 9.78 Å². The fraction of sp³-hybridized carbons (Fsp3) is 0.0500. The number of nitrogens with zero attached hydrogens (tertiary/aromatic N) is 4. The number of H-pyrrole nitrogens is 1. The molecule has 3 heterocycles. The van der Waals surface area contributed by atoms with Crippen LogP contribution in [0.2, 0.25) is 10.0 Å². The summed E-state index contributed by atoms with van der Waals surface area (Å²) in [5.41, 5.74) is 6.56. The van der Waals surface area contributed by atoms with Gasteiger partial charge in [0.05, 0.1) is 27.6 Å². The fourth-order valence-corrected chi connectivity index (χ4v) is 3.38. The number of amidine groups is 1. The van der Waals surface area contributed by atoms with Gasteiger partial charge in [-0.25, -0.2) is 9.89 Å². The molecule has 11 nitrogen and oxygen atoms in total. The molecule has 2 amide bonds. The molecule has 0 fully saturated rings. The van der Waals surface area contributed by atoms with Gasteiger partial charge in [0.2, 0.25) is 5.88 Å². The van der Waals surface area contributed by atoms with E-state index in [1.807, 2.05) is 0 Å². The van der Waals surface area contributed by atoms with Gasteiger partial charge in [-0.2, -0.15) is 5.01 Å². The fourth-order valence-electron chi connectivity index (χ4n) is 2.83. The summed E-state index contributed by atoms with van der Waals surface area (Å²) in [6.07, 6.45) is 1.45. The number of amides is 2. The molecule has 0 unspecified atom stereocenters. The molecule has 0 aliphatic carbocycles. The molecular formula is C20H15Cl2N7O4. The lowest BCUT2D eigenvalue weighted by atomic mass is 10.1. The van der Waals surface area contributed by atoms with Crippen LogP contribution in [0.1, 0.15) is 11.3 Å². The molecule has 0 saturated carbocycles. The van der Waals surface area contributed by atoms with Gasteiger partial charge >= 0.3 is 6.03 Å². The minimum atomic E-state index is -0.593. The van der Waals surface area contributed by atoms with E-state index < -0.39 is 11.6 Å². The highest BCUT2D eigenvalue weighted by Gasteiger charge is 2.25. The number of nitrogens with one attached hydrogen (secondary N) is 2. The van der Waals surface area contributed by atoms with E-state index in [1.165, 1.54) is 30.5 Å². The summed E-state index contributed by atoms with van der Waals surface area (Å²) >= 11 is 12.7. The first-order valence-corrected chi connectivity index (χ1v) is 10.0. The molecule has 1 aliphatic heterocycles. The third-order valence-electron chi connectivity index (χ3n) is 4.44. The number of urea groups is 1. The number of carbonyl (C=O) groups excluding carboxylic acids is 1. The maximum Gasteiger partial charge on any atom is 0.347 e. The molecule has 0 bridgehead atoms. The summed E-state index contributed by atoms with van der Waals surface area (Å²) in [6.45, 7) is 3.58. The van der Waals surface area contributed by atoms with Crippen molar-refractivity contribution in [2.45, 2.75) is 6.42 Å². The minimum Gasteiger partial charge on any atom is -0.506 e. The molecule has 4 rings (SSSR count). The number of aromatic hydroxyl groups is 1. The van der Waals surface area contributed by atoms with Gasteiger partial charge in [0.25, 0.3) is 5.56 Å². The number of rotatable bonds is 5. The predicted octanol–water partition coefficient (Wildman–Crippen LogP) is 2.88. The third-order valence-corrected chi connectivity index (χ3v) is 5.00. The summed E-state index contributed by atoms with van der Waals surface area (Å²) in [6, 6.07) is 6.68. The van der Waals surface area contributed by atoms with Crippen molar-refractivity contribution in [3.8, 4) is 17.4 Å². The molecule has 0 spiro atoms. The lowest BCUT2D eigenvalue weighted by Gasteiger charge is -2.24. The summed E-state index contributed by atoms with van der Waals surface area (Å²) in [4.78, 5) is 28.4. The van der Waals surface area contributed by atoms with Gasteiger partial charge in [-0.1, -0.05) is 29.8 Å². The molecular weight excluding hydrogens is 473 g/mol. The highest BCUT2D eigenvalue weighted by molar-refractivity contribution is 6.37. The van der Waals surface area contributed by atoms with E-state index in [1.54, 1.807) is 6.07 Å². The Kier molecular flexibility index (Phi) is 5.90. The predicted molar refractivity (Wildman–Crippen MR) is 122 cm³/mol.